The first-order valence-corrected chi connectivity index (χ1v) is 13.3. The second-order valence-electron chi connectivity index (χ2n) is 10.9. The maximum absolute atomic E-state index is 13.5. The van der Waals surface area contributed by atoms with E-state index >= 15 is 0 Å². The number of imide groups is 1. The highest BCUT2D eigenvalue weighted by molar-refractivity contribution is 7.15. The van der Waals surface area contributed by atoms with Crippen LogP contribution < -0.4 is 5.32 Å². The number of aryl methyl sites for hydroxylation is 1. The summed E-state index contributed by atoms with van der Waals surface area (Å²) in [5, 5.41) is 2.42. The number of carbonyl (C=O) groups is 2. The Balaban J connectivity index is 1.45. The lowest BCUT2D eigenvalue weighted by atomic mass is 9.67. The van der Waals surface area contributed by atoms with Gasteiger partial charge in [-0.3, -0.25) is 14.9 Å². The molecule has 6 rings (SSSR count). The van der Waals surface area contributed by atoms with Crippen molar-refractivity contribution in [3.8, 4) is 10.4 Å². The van der Waals surface area contributed by atoms with Gasteiger partial charge < -0.3 is 4.74 Å². The minimum atomic E-state index is -4.93. The number of fused-ring (bicyclic) bond motifs is 5. The van der Waals surface area contributed by atoms with E-state index in [0.29, 0.717) is 17.7 Å². The lowest BCUT2D eigenvalue weighted by Gasteiger charge is -2.31. The molecule has 11 heteroatoms. The summed E-state index contributed by atoms with van der Waals surface area (Å²) in [5.41, 5.74) is -1.35. The molecule has 4 heterocycles. The van der Waals surface area contributed by atoms with Gasteiger partial charge in [-0.15, -0.1) is 11.3 Å². The third kappa shape index (κ3) is 3.83. The zero-order valence-electron chi connectivity index (χ0n) is 21.1. The van der Waals surface area contributed by atoms with E-state index in [9.17, 15) is 35.9 Å². The number of ether oxygens (including phenoxy) is 1. The van der Waals surface area contributed by atoms with Crippen molar-refractivity contribution < 1.29 is 40.7 Å². The van der Waals surface area contributed by atoms with Crippen molar-refractivity contribution in [1.29, 1.82) is 0 Å². The van der Waals surface area contributed by atoms with Gasteiger partial charge in [-0.25, -0.2) is 0 Å². The molecule has 0 saturated carbocycles. The summed E-state index contributed by atoms with van der Waals surface area (Å²) < 4.78 is 87.1. The van der Waals surface area contributed by atoms with Crippen LogP contribution in [0.2, 0.25) is 0 Å². The van der Waals surface area contributed by atoms with Gasteiger partial charge in [0.05, 0.1) is 28.6 Å². The van der Waals surface area contributed by atoms with Gasteiger partial charge >= 0.3 is 12.4 Å². The minimum Gasteiger partial charge on any atom is -0.359 e. The standard InChI is InChI=1S/C28H23F6NO3S/c1-12-18(10-20(39-12)13-7-14(27(29,30)31)9-15(8-13)28(32,33)34)16-5-4-6-17(16)19-11-25(2)21-22(26(19,3)38-25)24(37)35-23(21)36/h7-11,21-22H,4-6H2,1-3H3,(H,35,36,37)/t21-,22+,25-,26+/m1/s1. The molecule has 4 nitrogen and oxygen atoms in total. The molecule has 2 fully saturated rings. The predicted molar refractivity (Wildman–Crippen MR) is 131 cm³/mol. The first kappa shape index (κ1) is 26.3. The predicted octanol–water partition coefficient (Wildman–Crippen LogP) is 7.08. The second-order valence-corrected chi connectivity index (χ2v) is 12.2. The van der Waals surface area contributed by atoms with E-state index in [2.05, 4.69) is 5.32 Å². The molecule has 4 aliphatic rings. The number of allylic oxidation sites excluding steroid dienone is 1. The Hall–Kier alpha value is -2.92. The zero-order chi connectivity index (χ0) is 28.3. The van der Waals surface area contributed by atoms with Crippen LogP contribution in [0.5, 0.6) is 0 Å². The summed E-state index contributed by atoms with van der Waals surface area (Å²) in [5.74, 6) is -2.03. The van der Waals surface area contributed by atoms with E-state index < -0.39 is 46.5 Å². The smallest absolute Gasteiger partial charge is 0.359 e. The van der Waals surface area contributed by atoms with Crippen LogP contribution in [0.3, 0.4) is 0 Å². The zero-order valence-corrected chi connectivity index (χ0v) is 21.9. The van der Waals surface area contributed by atoms with Crippen LogP contribution in [0, 0.1) is 18.8 Å². The summed E-state index contributed by atoms with van der Waals surface area (Å²) >= 11 is 1.14. The Bertz CT molecular complexity index is 1480. The fourth-order valence-electron chi connectivity index (χ4n) is 6.84. The number of thiophene rings is 1. The van der Waals surface area contributed by atoms with Gasteiger partial charge in [0.1, 0.15) is 5.60 Å². The Kier molecular flexibility index (Phi) is 5.44. The quantitative estimate of drug-likeness (QED) is 0.319. The highest BCUT2D eigenvalue weighted by Crippen LogP contribution is 2.61. The average molecular weight is 568 g/mol. The monoisotopic (exact) mass is 567 g/mol. The Labute approximate surface area is 223 Å². The maximum atomic E-state index is 13.5. The topological polar surface area (TPSA) is 55.4 Å². The van der Waals surface area contributed by atoms with Crippen molar-refractivity contribution >= 4 is 28.7 Å². The SMILES string of the molecule is Cc1sc(-c2cc(C(F)(F)F)cc(C(F)(F)F)c2)cc1C1=C(C2=C[C@@]3(C)O[C@]2(C)[C@@H]2C(=O)NC(=O)[C@@H]23)CCC1. The van der Waals surface area contributed by atoms with Crippen molar-refractivity contribution in [2.75, 3.05) is 0 Å². The van der Waals surface area contributed by atoms with E-state index in [1.807, 2.05) is 13.0 Å². The molecule has 1 N–H and O–H groups in total. The third-order valence-electron chi connectivity index (χ3n) is 8.41. The largest absolute Gasteiger partial charge is 0.416 e. The molecule has 2 amide bonds. The number of halogens is 6. The lowest BCUT2D eigenvalue weighted by Crippen LogP contribution is -2.40. The fourth-order valence-corrected chi connectivity index (χ4v) is 7.88. The molecular weight excluding hydrogens is 544 g/mol. The van der Waals surface area contributed by atoms with Gasteiger partial charge in [0.2, 0.25) is 11.8 Å². The number of amides is 2. The summed E-state index contributed by atoms with van der Waals surface area (Å²) in [6.07, 6.45) is -5.82. The van der Waals surface area contributed by atoms with E-state index in [0.717, 1.165) is 57.1 Å². The van der Waals surface area contributed by atoms with Crippen LogP contribution >= 0.6 is 11.3 Å². The van der Waals surface area contributed by atoms with Crippen LogP contribution in [-0.2, 0) is 26.7 Å². The molecular formula is C28H23F6NO3S. The van der Waals surface area contributed by atoms with Crippen molar-refractivity contribution in [1.82, 2.24) is 5.32 Å². The van der Waals surface area contributed by atoms with Crippen LogP contribution in [0.4, 0.5) is 26.3 Å². The summed E-state index contributed by atoms with van der Waals surface area (Å²) in [6, 6.07) is 3.28. The molecule has 2 bridgehead atoms. The van der Waals surface area contributed by atoms with Crippen LogP contribution in [0.1, 0.15) is 54.7 Å². The maximum Gasteiger partial charge on any atom is 0.416 e. The number of hydrogen-bond acceptors (Lipinski definition) is 4. The van der Waals surface area contributed by atoms with Gasteiger partial charge in [-0.2, -0.15) is 26.3 Å². The molecule has 0 radical (unpaired) electrons. The normalized spacial score (nSPS) is 30.3. The summed E-state index contributed by atoms with van der Waals surface area (Å²) in [4.78, 5) is 26.3. The Morgan fingerprint density at radius 2 is 1.49 bits per heavy atom. The second kappa shape index (κ2) is 8.06. The molecule has 3 aliphatic heterocycles. The van der Waals surface area contributed by atoms with Crippen LogP contribution in [-0.4, -0.2) is 23.0 Å². The Morgan fingerprint density at radius 3 is 2.10 bits per heavy atom. The van der Waals surface area contributed by atoms with Crippen molar-refractivity contribution in [2.24, 2.45) is 11.8 Å². The number of nitrogens with one attached hydrogen (secondary N) is 1. The molecule has 1 aliphatic carbocycles. The molecule has 1 aromatic carbocycles. The van der Waals surface area contributed by atoms with Crippen molar-refractivity contribution in [3.63, 3.8) is 0 Å². The number of alkyl halides is 6. The molecule has 2 aromatic rings. The highest BCUT2D eigenvalue weighted by atomic mass is 32.1. The van der Waals surface area contributed by atoms with Gasteiger partial charge in [0, 0.05) is 9.75 Å². The van der Waals surface area contributed by atoms with Crippen LogP contribution in [0.25, 0.3) is 16.0 Å². The fraction of sp³-hybridized carbons (Fsp3) is 0.429. The summed E-state index contributed by atoms with van der Waals surface area (Å²) in [7, 11) is 0. The first-order valence-electron chi connectivity index (χ1n) is 12.4. The highest BCUT2D eigenvalue weighted by Gasteiger charge is 2.71. The first-order chi connectivity index (χ1) is 18.0. The van der Waals surface area contributed by atoms with E-state index in [1.54, 1.807) is 19.9 Å². The van der Waals surface area contributed by atoms with Crippen molar-refractivity contribution in [3.05, 3.63) is 63.1 Å². The molecule has 4 atom stereocenters. The number of benzene rings is 1. The van der Waals surface area contributed by atoms with Gasteiger partial charge in [-0.05, 0) is 98.2 Å². The van der Waals surface area contributed by atoms with E-state index in [4.69, 9.17) is 4.74 Å². The number of rotatable bonds is 3. The van der Waals surface area contributed by atoms with Gasteiger partial charge in [0.25, 0.3) is 0 Å². The molecule has 206 valence electrons. The lowest BCUT2D eigenvalue weighted by molar-refractivity contribution is -0.143. The Morgan fingerprint density at radius 1 is 0.897 bits per heavy atom. The van der Waals surface area contributed by atoms with Gasteiger partial charge in [0.15, 0.2) is 0 Å². The molecule has 2 saturated heterocycles. The van der Waals surface area contributed by atoms with E-state index in [-0.39, 0.29) is 23.4 Å². The van der Waals surface area contributed by atoms with Crippen LogP contribution in [0.15, 0.2) is 41.5 Å². The third-order valence-corrected chi connectivity index (χ3v) is 9.51. The number of carbonyl (C=O) groups excluding carboxylic acids is 2. The van der Waals surface area contributed by atoms with E-state index in [1.165, 1.54) is 0 Å². The summed E-state index contributed by atoms with van der Waals surface area (Å²) in [6.45, 7) is 5.39. The van der Waals surface area contributed by atoms with Crippen molar-refractivity contribution in [2.45, 2.75) is 63.6 Å². The molecule has 39 heavy (non-hydrogen) atoms. The van der Waals surface area contributed by atoms with Gasteiger partial charge in [-0.1, -0.05) is 0 Å². The molecule has 1 aromatic heterocycles. The number of hydrogen-bond donors (Lipinski definition) is 1. The minimum absolute atomic E-state index is 0.128. The molecule has 0 spiro atoms. The average Bonchev–Trinajstić information content (AvgIpc) is 3.59. The molecule has 0 unspecified atom stereocenters.